The van der Waals surface area contributed by atoms with Crippen molar-refractivity contribution in [3.8, 4) is 0 Å². The van der Waals surface area contributed by atoms with Crippen LogP contribution in [0.1, 0.15) is 6.92 Å². The van der Waals surface area contributed by atoms with Crippen molar-refractivity contribution in [3.63, 3.8) is 0 Å². The van der Waals surface area contributed by atoms with Gasteiger partial charge in [-0.25, -0.2) is 4.79 Å². The third-order valence-electron chi connectivity index (χ3n) is 1.49. The van der Waals surface area contributed by atoms with E-state index in [-0.39, 0.29) is 5.97 Å². The number of aromatic nitrogens is 2. The zero-order valence-corrected chi connectivity index (χ0v) is 8.87. The van der Waals surface area contributed by atoms with Gasteiger partial charge in [0.15, 0.2) is 0 Å². The van der Waals surface area contributed by atoms with E-state index in [0.29, 0.717) is 12.3 Å². The molecule has 15 heavy (non-hydrogen) atoms. The second kappa shape index (κ2) is 5.40. The Morgan fingerprint density at radius 3 is 2.93 bits per heavy atom. The highest BCUT2D eigenvalue weighted by Gasteiger charge is 1.98. The molecule has 0 fully saturated rings. The van der Waals surface area contributed by atoms with Crippen molar-refractivity contribution in [1.29, 1.82) is 0 Å². The van der Waals surface area contributed by atoms with Crippen molar-refractivity contribution in [3.05, 3.63) is 33.1 Å². The van der Waals surface area contributed by atoms with Gasteiger partial charge in [-0.1, -0.05) is 0 Å². The molecule has 0 aliphatic carbocycles. The summed E-state index contributed by atoms with van der Waals surface area (Å²) in [6, 6.07) is 1.26. The zero-order chi connectivity index (χ0) is 11.3. The van der Waals surface area contributed by atoms with Crippen LogP contribution < -0.4 is 11.2 Å². The van der Waals surface area contributed by atoms with Gasteiger partial charge in [0.25, 0.3) is 5.56 Å². The van der Waals surface area contributed by atoms with Gasteiger partial charge in [-0.2, -0.15) is 0 Å². The molecule has 0 aliphatic heterocycles. The van der Waals surface area contributed by atoms with Crippen molar-refractivity contribution in [2.75, 3.05) is 5.75 Å². The van der Waals surface area contributed by atoms with Crippen LogP contribution in [0.25, 0.3) is 0 Å². The van der Waals surface area contributed by atoms with E-state index in [0.717, 1.165) is 12.0 Å². The van der Waals surface area contributed by atoms with Crippen molar-refractivity contribution in [1.82, 2.24) is 9.55 Å². The van der Waals surface area contributed by atoms with Gasteiger partial charge in [0.1, 0.15) is 0 Å². The number of rotatable bonds is 4. The van der Waals surface area contributed by atoms with E-state index in [2.05, 4.69) is 9.17 Å². The van der Waals surface area contributed by atoms with Gasteiger partial charge in [0, 0.05) is 31.5 Å². The fourth-order valence-corrected chi connectivity index (χ4v) is 1.40. The van der Waals surface area contributed by atoms with Crippen LogP contribution in [-0.4, -0.2) is 21.3 Å². The standard InChI is InChI=1S/C8H10N2O4S/c1-6(11)14-15-5-4-10-3-2-7(12)9-8(10)13/h2-3H,4-5H2,1H3,(H,9,12,13). The van der Waals surface area contributed by atoms with Crippen LogP contribution in [0.5, 0.6) is 0 Å². The molecule has 1 aromatic rings. The molecule has 0 aromatic carbocycles. The maximum Gasteiger partial charge on any atom is 0.328 e. The number of nitrogens with one attached hydrogen (secondary N) is 1. The second-order valence-corrected chi connectivity index (χ2v) is 3.51. The Kier molecular flexibility index (Phi) is 4.17. The monoisotopic (exact) mass is 230 g/mol. The summed E-state index contributed by atoms with van der Waals surface area (Å²) in [5.74, 6) is 0.0692. The van der Waals surface area contributed by atoms with Crippen LogP contribution in [0.3, 0.4) is 0 Å². The Bertz CT molecular complexity index is 450. The molecule has 0 unspecified atom stereocenters. The molecule has 1 rings (SSSR count). The van der Waals surface area contributed by atoms with E-state index in [1.54, 1.807) is 0 Å². The van der Waals surface area contributed by atoms with E-state index >= 15 is 0 Å². The van der Waals surface area contributed by atoms with Gasteiger partial charge in [0.05, 0.1) is 12.0 Å². The van der Waals surface area contributed by atoms with Gasteiger partial charge in [-0.05, 0) is 0 Å². The number of hydrogen-bond acceptors (Lipinski definition) is 5. The summed E-state index contributed by atoms with van der Waals surface area (Å²) in [5.41, 5.74) is -0.894. The molecule has 1 aromatic heterocycles. The molecule has 82 valence electrons. The minimum Gasteiger partial charge on any atom is -0.391 e. The van der Waals surface area contributed by atoms with Crippen LogP contribution in [-0.2, 0) is 15.5 Å². The molecule has 0 aliphatic rings. The lowest BCUT2D eigenvalue weighted by atomic mass is 10.6. The SMILES string of the molecule is CC(=O)OSCCn1ccc(=O)[nH]c1=O. The van der Waals surface area contributed by atoms with Crippen molar-refractivity contribution < 1.29 is 8.98 Å². The summed E-state index contributed by atoms with van der Waals surface area (Å²) in [7, 11) is 0. The minimum absolute atomic E-state index is 0.369. The summed E-state index contributed by atoms with van der Waals surface area (Å²) >= 11 is 0.968. The van der Waals surface area contributed by atoms with Crippen molar-refractivity contribution in [2.45, 2.75) is 13.5 Å². The normalized spacial score (nSPS) is 9.93. The van der Waals surface area contributed by atoms with Crippen LogP contribution in [0.4, 0.5) is 0 Å². The lowest BCUT2D eigenvalue weighted by molar-refractivity contribution is -0.130. The third-order valence-corrected chi connectivity index (χ3v) is 2.19. The van der Waals surface area contributed by atoms with Crippen LogP contribution in [0.2, 0.25) is 0 Å². The number of nitrogens with zero attached hydrogens (tertiary/aromatic N) is 1. The summed E-state index contributed by atoms with van der Waals surface area (Å²) in [5, 5.41) is 0. The van der Waals surface area contributed by atoms with E-state index in [1.165, 1.54) is 23.8 Å². The largest absolute Gasteiger partial charge is 0.391 e. The summed E-state index contributed by atoms with van der Waals surface area (Å²) in [4.78, 5) is 34.4. The van der Waals surface area contributed by atoms with Crippen molar-refractivity contribution >= 4 is 18.0 Å². The highest BCUT2D eigenvalue weighted by Crippen LogP contribution is 2.02. The molecule has 6 nitrogen and oxygen atoms in total. The molecular weight excluding hydrogens is 220 g/mol. The first-order valence-corrected chi connectivity index (χ1v) is 5.10. The second-order valence-electron chi connectivity index (χ2n) is 2.70. The van der Waals surface area contributed by atoms with Gasteiger partial charge >= 0.3 is 11.7 Å². The predicted molar refractivity (Wildman–Crippen MR) is 55.5 cm³/mol. The molecule has 0 amide bonds. The first-order chi connectivity index (χ1) is 7.09. The average molecular weight is 230 g/mol. The Morgan fingerprint density at radius 1 is 1.60 bits per heavy atom. The van der Waals surface area contributed by atoms with Gasteiger partial charge in [-0.3, -0.25) is 19.1 Å². The third kappa shape index (κ3) is 4.03. The topological polar surface area (TPSA) is 81.2 Å². The molecule has 0 bridgehead atoms. The molecule has 1 heterocycles. The number of hydrogen-bond donors (Lipinski definition) is 1. The van der Waals surface area contributed by atoms with Gasteiger partial charge in [-0.15, -0.1) is 0 Å². The van der Waals surface area contributed by atoms with Crippen LogP contribution >= 0.6 is 12.0 Å². The number of carbonyl (C=O) groups excluding carboxylic acids is 1. The number of aryl methyl sites for hydroxylation is 1. The molecule has 1 N–H and O–H groups in total. The van der Waals surface area contributed by atoms with Crippen LogP contribution in [0.15, 0.2) is 21.9 Å². The van der Waals surface area contributed by atoms with E-state index in [9.17, 15) is 14.4 Å². The zero-order valence-electron chi connectivity index (χ0n) is 8.06. The van der Waals surface area contributed by atoms with Crippen molar-refractivity contribution in [2.24, 2.45) is 0 Å². The number of carbonyl (C=O) groups is 1. The smallest absolute Gasteiger partial charge is 0.328 e. The Hall–Kier alpha value is -1.50. The summed E-state index contributed by atoms with van der Waals surface area (Å²) in [6.07, 6.45) is 1.40. The fourth-order valence-electron chi connectivity index (χ4n) is 0.881. The maximum atomic E-state index is 11.2. The first kappa shape index (κ1) is 11.6. The Labute approximate surface area is 89.5 Å². The Morgan fingerprint density at radius 2 is 2.33 bits per heavy atom. The quantitative estimate of drug-likeness (QED) is 0.569. The minimum atomic E-state index is -0.467. The Balaban J connectivity index is 2.48. The number of aromatic amines is 1. The molecule has 0 atom stereocenters. The lowest BCUT2D eigenvalue weighted by Crippen LogP contribution is -2.29. The predicted octanol–water partition coefficient (Wildman–Crippen LogP) is -0.252. The van der Waals surface area contributed by atoms with E-state index in [4.69, 9.17) is 0 Å². The molecule has 0 spiro atoms. The number of H-pyrrole nitrogens is 1. The lowest BCUT2D eigenvalue weighted by Gasteiger charge is -2.02. The highest BCUT2D eigenvalue weighted by atomic mass is 32.2. The van der Waals surface area contributed by atoms with E-state index in [1.807, 2.05) is 0 Å². The fraction of sp³-hybridized carbons (Fsp3) is 0.375. The first-order valence-electron chi connectivity index (χ1n) is 4.19. The van der Waals surface area contributed by atoms with Crippen LogP contribution in [0, 0.1) is 0 Å². The van der Waals surface area contributed by atoms with Gasteiger partial charge < -0.3 is 4.18 Å². The summed E-state index contributed by atoms with van der Waals surface area (Å²) in [6.45, 7) is 1.67. The van der Waals surface area contributed by atoms with E-state index < -0.39 is 11.2 Å². The molecule has 0 radical (unpaired) electrons. The maximum absolute atomic E-state index is 11.2. The summed E-state index contributed by atoms with van der Waals surface area (Å²) < 4.78 is 5.95. The average Bonchev–Trinajstić information content (AvgIpc) is 2.14. The molecule has 7 heteroatoms. The molecule has 0 saturated carbocycles. The molecular formula is C8H10N2O4S. The highest BCUT2D eigenvalue weighted by molar-refractivity contribution is 7.95. The molecule has 0 saturated heterocycles. The van der Waals surface area contributed by atoms with Gasteiger partial charge in [0.2, 0.25) is 0 Å².